The summed E-state index contributed by atoms with van der Waals surface area (Å²) in [6.07, 6.45) is 0. The minimum atomic E-state index is 0.293. The van der Waals surface area contributed by atoms with Gasteiger partial charge < -0.3 is 0 Å². The van der Waals surface area contributed by atoms with Crippen LogP contribution in [0.3, 0.4) is 0 Å². The van der Waals surface area contributed by atoms with E-state index in [0.29, 0.717) is 10.2 Å². The van der Waals surface area contributed by atoms with Crippen molar-refractivity contribution in [2.45, 2.75) is 84.3 Å². The lowest BCUT2D eigenvalue weighted by Crippen LogP contribution is -2.10. The largest absolute Gasteiger partial charge is 0.120 e. The van der Waals surface area contributed by atoms with Gasteiger partial charge in [-0.05, 0) is 23.1 Å². The highest BCUT2D eigenvalue weighted by Crippen LogP contribution is 2.31. The Morgan fingerprint density at radius 3 is 1.20 bits per heavy atom. The predicted molar refractivity (Wildman–Crippen MR) is 120 cm³/mol. The molecule has 0 spiro atoms. The van der Waals surface area contributed by atoms with Gasteiger partial charge in [-0.3, -0.25) is 0 Å². The molecule has 0 nitrogen and oxygen atoms in total. The molecule has 0 saturated heterocycles. The second-order valence-electron chi connectivity index (χ2n) is 7.14. The van der Waals surface area contributed by atoms with E-state index in [9.17, 15) is 0 Å². The highest BCUT2D eigenvalue weighted by molar-refractivity contribution is 8.00. The monoisotopic (exact) mass is 360 g/mol. The zero-order chi connectivity index (χ0) is 19.9. The first-order valence-corrected chi connectivity index (χ1v) is 10.3. The maximum absolute atomic E-state index is 2.23. The Hall–Kier alpha value is -1.21. The molecule has 0 N–H and O–H groups in total. The topological polar surface area (TPSA) is 0 Å². The molecule has 0 amide bonds. The maximum Gasteiger partial charge on any atom is 0.0122 e. The number of thioether (sulfide) groups is 1. The van der Waals surface area contributed by atoms with Crippen molar-refractivity contribution in [3.8, 4) is 0 Å². The molecule has 1 heteroatoms. The summed E-state index contributed by atoms with van der Waals surface area (Å²) in [7, 11) is 0. The Morgan fingerprint density at radius 1 is 0.560 bits per heavy atom. The van der Waals surface area contributed by atoms with Crippen molar-refractivity contribution < 1.29 is 0 Å². The van der Waals surface area contributed by atoms with E-state index in [1.165, 1.54) is 10.5 Å². The summed E-state index contributed by atoms with van der Waals surface area (Å²) in [5.74, 6) is 0. The lowest BCUT2D eigenvalue weighted by molar-refractivity contribution is 0.590. The lowest BCUT2D eigenvalue weighted by atomic mass is 9.87. The molecular formula is C24H40S. The number of benzene rings is 2. The molecular weight excluding hydrogens is 320 g/mol. The Balaban J connectivity index is 0. The standard InChI is InChI=1S/C10H14S.C10H14.2C2H6/c1-10(2,3)11-9-7-5-4-6-8-9;1-10(2,3)9-7-5-4-6-8-9;2*1-2/h4-8H,1-3H3;4-8H,1-3H3;2*1-2H3. The quantitative estimate of drug-likeness (QED) is 0.459. The van der Waals surface area contributed by atoms with E-state index < -0.39 is 0 Å². The van der Waals surface area contributed by atoms with E-state index in [1.807, 2.05) is 45.5 Å². The van der Waals surface area contributed by atoms with Gasteiger partial charge in [-0.15, -0.1) is 11.8 Å². The van der Waals surface area contributed by atoms with Gasteiger partial charge in [0.15, 0.2) is 0 Å². The summed E-state index contributed by atoms with van der Waals surface area (Å²) in [6, 6.07) is 21.1. The maximum atomic E-state index is 2.23. The highest BCUT2D eigenvalue weighted by atomic mass is 32.2. The van der Waals surface area contributed by atoms with Gasteiger partial charge in [-0.2, -0.15) is 0 Å². The van der Waals surface area contributed by atoms with Crippen molar-refractivity contribution in [3.05, 3.63) is 66.2 Å². The summed E-state index contributed by atoms with van der Waals surface area (Å²) in [4.78, 5) is 1.35. The van der Waals surface area contributed by atoms with E-state index in [0.717, 1.165) is 0 Å². The fraction of sp³-hybridized carbons (Fsp3) is 0.500. The van der Waals surface area contributed by atoms with E-state index in [-0.39, 0.29) is 0 Å². The molecule has 0 fully saturated rings. The van der Waals surface area contributed by atoms with Gasteiger partial charge in [0.1, 0.15) is 0 Å². The van der Waals surface area contributed by atoms with Crippen molar-refractivity contribution in [3.63, 3.8) is 0 Å². The zero-order valence-corrected chi connectivity index (χ0v) is 19.0. The molecule has 2 rings (SSSR count). The summed E-state index contributed by atoms with van der Waals surface area (Å²) in [5.41, 5.74) is 1.69. The van der Waals surface area contributed by atoms with Gasteiger partial charge in [0.05, 0.1) is 0 Å². The Labute approximate surface area is 162 Å². The van der Waals surface area contributed by atoms with E-state index >= 15 is 0 Å². The predicted octanol–water partition coefficient (Wildman–Crippen LogP) is 8.61. The molecule has 0 bridgehead atoms. The Kier molecular flexibility index (Phi) is 14.6. The van der Waals surface area contributed by atoms with Gasteiger partial charge in [0, 0.05) is 9.64 Å². The average Bonchev–Trinajstić information content (AvgIpc) is 2.59. The van der Waals surface area contributed by atoms with Crippen LogP contribution in [0.2, 0.25) is 0 Å². The van der Waals surface area contributed by atoms with Gasteiger partial charge >= 0.3 is 0 Å². The molecule has 25 heavy (non-hydrogen) atoms. The summed E-state index contributed by atoms with van der Waals surface area (Å²) >= 11 is 1.90. The van der Waals surface area contributed by atoms with E-state index in [1.54, 1.807) is 0 Å². The van der Waals surface area contributed by atoms with Crippen LogP contribution in [0.5, 0.6) is 0 Å². The van der Waals surface area contributed by atoms with Crippen LogP contribution in [0.25, 0.3) is 0 Å². The third-order valence-corrected chi connectivity index (χ3v) is 3.93. The Bertz CT molecular complexity index is 501. The minimum Gasteiger partial charge on any atom is -0.120 e. The first kappa shape index (κ1) is 26.0. The van der Waals surface area contributed by atoms with Crippen molar-refractivity contribution in [2.24, 2.45) is 0 Å². The smallest absolute Gasteiger partial charge is 0.0122 e. The van der Waals surface area contributed by atoms with Crippen LogP contribution < -0.4 is 0 Å². The van der Waals surface area contributed by atoms with Crippen LogP contribution >= 0.6 is 11.8 Å². The first-order valence-electron chi connectivity index (χ1n) is 9.48. The van der Waals surface area contributed by atoms with Crippen LogP contribution in [0.1, 0.15) is 74.8 Å². The van der Waals surface area contributed by atoms with Gasteiger partial charge in [-0.25, -0.2) is 0 Å². The summed E-state index contributed by atoms with van der Waals surface area (Å²) in [5, 5.41) is 0. The van der Waals surface area contributed by atoms with E-state index in [2.05, 4.69) is 96.1 Å². The molecule has 0 aliphatic rings. The first-order chi connectivity index (χ1) is 11.7. The number of rotatable bonds is 1. The van der Waals surface area contributed by atoms with Crippen LogP contribution in [0.4, 0.5) is 0 Å². The molecule has 2 aromatic carbocycles. The fourth-order valence-corrected chi connectivity index (χ4v) is 2.78. The molecule has 142 valence electrons. The zero-order valence-electron chi connectivity index (χ0n) is 18.2. The summed E-state index contributed by atoms with van der Waals surface area (Å²) < 4.78 is 0.321. The van der Waals surface area contributed by atoms with E-state index in [4.69, 9.17) is 0 Å². The number of hydrogen-bond donors (Lipinski definition) is 0. The molecule has 0 atom stereocenters. The summed E-state index contributed by atoms with van der Waals surface area (Å²) in [6.45, 7) is 21.4. The highest BCUT2D eigenvalue weighted by Gasteiger charge is 2.11. The van der Waals surface area contributed by atoms with Crippen molar-refractivity contribution >= 4 is 11.8 Å². The van der Waals surface area contributed by atoms with Gasteiger partial charge in [0.25, 0.3) is 0 Å². The van der Waals surface area contributed by atoms with Gasteiger partial charge in [0.2, 0.25) is 0 Å². The van der Waals surface area contributed by atoms with Crippen molar-refractivity contribution in [1.82, 2.24) is 0 Å². The molecule has 0 saturated carbocycles. The van der Waals surface area contributed by atoms with Gasteiger partial charge in [-0.1, -0.05) is 118 Å². The normalized spacial score (nSPS) is 10.2. The molecule has 0 unspecified atom stereocenters. The minimum absolute atomic E-state index is 0.293. The third-order valence-electron chi connectivity index (χ3n) is 2.81. The molecule has 0 aliphatic carbocycles. The van der Waals surface area contributed by atoms with Crippen LogP contribution in [-0.2, 0) is 5.41 Å². The lowest BCUT2D eigenvalue weighted by Gasteiger charge is -2.18. The molecule has 0 aliphatic heterocycles. The number of hydrogen-bond acceptors (Lipinski definition) is 1. The Morgan fingerprint density at radius 2 is 0.920 bits per heavy atom. The second-order valence-corrected chi connectivity index (χ2v) is 9.04. The molecule has 0 heterocycles. The SMILES string of the molecule is CC.CC.CC(C)(C)Sc1ccccc1.CC(C)(C)c1ccccc1. The molecule has 2 aromatic rings. The molecule has 0 radical (unpaired) electrons. The van der Waals surface area contributed by atoms with Crippen molar-refractivity contribution in [2.75, 3.05) is 0 Å². The second kappa shape index (κ2) is 14.0. The van der Waals surface area contributed by atoms with Crippen LogP contribution in [-0.4, -0.2) is 4.75 Å². The average molecular weight is 361 g/mol. The fourth-order valence-electron chi connectivity index (χ4n) is 1.78. The van der Waals surface area contributed by atoms with Crippen LogP contribution in [0.15, 0.2) is 65.6 Å². The molecule has 0 aromatic heterocycles. The van der Waals surface area contributed by atoms with Crippen LogP contribution in [0, 0.1) is 0 Å². The third kappa shape index (κ3) is 14.8. The van der Waals surface area contributed by atoms with Crippen molar-refractivity contribution in [1.29, 1.82) is 0 Å².